The second-order valence-electron chi connectivity index (χ2n) is 7.58. The number of aromatic carboxylic acids is 1. The quantitative estimate of drug-likeness (QED) is 0.418. The van der Waals surface area contributed by atoms with E-state index in [0.717, 1.165) is 5.39 Å². The zero-order valence-electron chi connectivity index (χ0n) is 18.5. The number of nitrogens with one attached hydrogen (secondary N) is 1. The highest BCUT2D eigenvalue weighted by molar-refractivity contribution is 7.93. The number of benzene rings is 2. The van der Waals surface area contributed by atoms with E-state index in [1.807, 2.05) is 19.1 Å². The van der Waals surface area contributed by atoms with Gasteiger partial charge in [0, 0.05) is 28.9 Å². The van der Waals surface area contributed by atoms with E-state index in [9.17, 15) is 18.3 Å². The van der Waals surface area contributed by atoms with Crippen molar-refractivity contribution in [3.8, 4) is 11.8 Å². The van der Waals surface area contributed by atoms with Gasteiger partial charge in [-0.1, -0.05) is 49.1 Å². The van der Waals surface area contributed by atoms with Crippen LogP contribution in [0.15, 0.2) is 71.9 Å². The standard InChI is InChI=1S/C26H21N3O4S/c1-3-19-15-18(16-28-24(19)26(30)31)11-13-20-7-4-5-9-22(20)29-34(32,33)25-17(2)10-12-21-8-6-14-27-23(21)25/h4-10,12,14-16,29H,3H2,1-2H3,(H,30,31). The highest BCUT2D eigenvalue weighted by Crippen LogP contribution is 2.27. The first-order valence-corrected chi connectivity index (χ1v) is 12.0. The van der Waals surface area contributed by atoms with E-state index in [4.69, 9.17) is 0 Å². The molecule has 0 aliphatic carbocycles. The van der Waals surface area contributed by atoms with E-state index in [2.05, 4.69) is 26.5 Å². The monoisotopic (exact) mass is 471 g/mol. The minimum Gasteiger partial charge on any atom is -0.477 e. The highest BCUT2D eigenvalue weighted by Gasteiger charge is 2.22. The van der Waals surface area contributed by atoms with Crippen LogP contribution in [0.4, 0.5) is 5.69 Å². The second-order valence-corrected chi connectivity index (χ2v) is 9.20. The van der Waals surface area contributed by atoms with Crippen molar-refractivity contribution in [2.75, 3.05) is 4.72 Å². The molecule has 2 aromatic carbocycles. The number of hydrogen-bond acceptors (Lipinski definition) is 5. The fourth-order valence-corrected chi connectivity index (χ4v) is 5.10. The number of fused-ring (bicyclic) bond motifs is 1. The Morgan fingerprint density at radius 3 is 2.62 bits per heavy atom. The number of para-hydroxylation sites is 1. The summed E-state index contributed by atoms with van der Waals surface area (Å²) in [7, 11) is -3.96. The first-order chi connectivity index (χ1) is 16.3. The van der Waals surface area contributed by atoms with Crippen molar-refractivity contribution in [1.29, 1.82) is 0 Å². The van der Waals surface area contributed by atoms with Gasteiger partial charge in [-0.15, -0.1) is 0 Å². The third-order valence-corrected chi connectivity index (χ3v) is 6.80. The van der Waals surface area contributed by atoms with Gasteiger partial charge in [-0.25, -0.2) is 18.2 Å². The average Bonchev–Trinajstić information content (AvgIpc) is 2.82. The van der Waals surface area contributed by atoms with Crippen LogP contribution in [0.5, 0.6) is 0 Å². The van der Waals surface area contributed by atoms with Crippen LogP contribution in [0.1, 0.15) is 39.7 Å². The number of rotatable bonds is 5. The van der Waals surface area contributed by atoms with Gasteiger partial charge in [0.2, 0.25) is 0 Å². The first-order valence-electron chi connectivity index (χ1n) is 10.5. The molecule has 0 saturated heterocycles. The number of hydrogen-bond donors (Lipinski definition) is 2. The Morgan fingerprint density at radius 2 is 1.85 bits per heavy atom. The average molecular weight is 472 g/mol. The van der Waals surface area contributed by atoms with Crippen molar-refractivity contribution in [1.82, 2.24) is 9.97 Å². The molecule has 0 fully saturated rings. The van der Waals surface area contributed by atoms with Crippen molar-refractivity contribution in [3.63, 3.8) is 0 Å². The normalized spacial score (nSPS) is 11.0. The van der Waals surface area contributed by atoms with Crippen LogP contribution in [0, 0.1) is 18.8 Å². The van der Waals surface area contributed by atoms with E-state index in [0.29, 0.717) is 39.9 Å². The molecule has 2 N–H and O–H groups in total. The van der Waals surface area contributed by atoms with Gasteiger partial charge in [-0.3, -0.25) is 9.71 Å². The van der Waals surface area contributed by atoms with Crippen molar-refractivity contribution < 1.29 is 18.3 Å². The molecule has 0 amide bonds. The smallest absolute Gasteiger partial charge is 0.354 e. The van der Waals surface area contributed by atoms with Crippen molar-refractivity contribution in [2.24, 2.45) is 0 Å². The fraction of sp³-hybridized carbons (Fsp3) is 0.115. The van der Waals surface area contributed by atoms with E-state index in [1.54, 1.807) is 55.6 Å². The number of sulfonamides is 1. The topological polar surface area (TPSA) is 109 Å². The predicted molar refractivity (Wildman–Crippen MR) is 130 cm³/mol. The van der Waals surface area contributed by atoms with E-state index >= 15 is 0 Å². The molecule has 0 bridgehead atoms. The van der Waals surface area contributed by atoms with Gasteiger partial charge in [-0.2, -0.15) is 0 Å². The first kappa shape index (κ1) is 23.0. The predicted octanol–water partition coefficient (Wildman–Crippen LogP) is 4.40. The summed E-state index contributed by atoms with van der Waals surface area (Å²) in [6.07, 6.45) is 3.46. The lowest BCUT2D eigenvalue weighted by Gasteiger charge is -2.13. The molecule has 34 heavy (non-hydrogen) atoms. The molecule has 7 nitrogen and oxygen atoms in total. The molecule has 0 unspecified atom stereocenters. The Bertz CT molecular complexity index is 1580. The molecule has 2 aromatic heterocycles. The molecule has 4 aromatic rings. The number of carboxylic acids is 1. The molecule has 0 aliphatic rings. The summed E-state index contributed by atoms with van der Waals surface area (Å²) in [6.45, 7) is 3.57. The summed E-state index contributed by atoms with van der Waals surface area (Å²) in [5.41, 5.74) is 2.89. The Hall–Kier alpha value is -4.22. The van der Waals surface area contributed by atoms with E-state index in [1.165, 1.54) is 6.20 Å². The maximum atomic E-state index is 13.4. The lowest BCUT2D eigenvalue weighted by atomic mass is 10.1. The zero-order chi connectivity index (χ0) is 24.3. The Morgan fingerprint density at radius 1 is 1.06 bits per heavy atom. The summed E-state index contributed by atoms with van der Waals surface area (Å²) >= 11 is 0. The summed E-state index contributed by atoms with van der Waals surface area (Å²) in [6, 6.07) is 15.7. The summed E-state index contributed by atoms with van der Waals surface area (Å²) in [4.78, 5) is 19.7. The summed E-state index contributed by atoms with van der Waals surface area (Å²) < 4.78 is 29.4. The molecule has 8 heteroatoms. The third kappa shape index (κ3) is 4.60. The van der Waals surface area contributed by atoms with Gasteiger partial charge in [0.05, 0.1) is 11.2 Å². The van der Waals surface area contributed by atoms with Crippen molar-refractivity contribution >= 4 is 32.6 Å². The van der Waals surface area contributed by atoms with Crippen LogP contribution in [0.25, 0.3) is 10.9 Å². The number of pyridine rings is 2. The largest absolute Gasteiger partial charge is 0.477 e. The van der Waals surface area contributed by atoms with Gasteiger partial charge >= 0.3 is 5.97 Å². The maximum Gasteiger partial charge on any atom is 0.354 e. The Kier molecular flexibility index (Phi) is 6.30. The zero-order valence-corrected chi connectivity index (χ0v) is 19.3. The number of carbonyl (C=O) groups is 1. The minimum atomic E-state index is -3.96. The van der Waals surface area contributed by atoms with Gasteiger partial charge in [0.25, 0.3) is 10.0 Å². The number of carboxylic acid groups (broad SMARTS) is 1. The summed E-state index contributed by atoms with van der Waals surface area (Å²) in [5.74, 6) is 4.84. The highest BCUT2D eigenvalue weighted by atomic mass is 32.2. The Balaban J connectivity index is 1.72. The lowest BCUT2D eigenvalue weighted by molar-refractivity contribution is 0.0689. The van der Waals surface area contributed by atoms with Crippen LogP contribution in [0.2, 0.25) is 0 Å². The molecule has 0 aliphatic heterocycles. The molecule has 2 heterocycles. The molecular formula is C26H21N3O4S. The van der Waals surface area contributed by atoms with Crippen molar-refractivity contribution in [3.05, 3.63) is 94.9 Å². The van der Waals surface area contributed by atoms with Crippen LogP contribution in [-0.2, 0) is 16.4 Å². The fourth-order valence-electron chi connectivity index (χ4n) is 3.62. The number of nitrogens with zero attached hydrogens (tertiary/aromatic N) is 2. The number of aromatic nitrogens is 2. The van der Waals surface area contributed by atoms with Gasteiger partial charge in [0.1, 0.15) is 4.90 Å². The SMILES string of the molecule is CCc1cc(C#Cc2ccccc2NS(=O)(=O)c2c(C)ccc3cccnc23)cnc1C(=O)O. The molecule has 170 valence electrons. The molecule has 0 radical (unpaired) electrons. The molecular weight excluding hydrogens is 450 g/mol. The molecule has 4 rings (SSSR count). The van der Waals surface area contributed by atoms with Gasteiger partial charge < -0.3 is 5.11 Å². The second kappa shape index (κ2) is 9.33. The summed E-state index contributed by atoms with van der Waals surface area (Å²) in [5, 5.41) is 9.98. The van der Waals surface area contributed by atoms with Crippen LogP contribution in [0.3, 0.4) is 0 Å². The van der Waals surface area contributed by atoms with Crippen molar-refractivity contribution in [2.45, 2.75) is 25.2 Å². The molecule has 0 spiro atoms. The van der Waals surface area contributed by atoms with Crippen LogP contribution >= 0.6 is 0 Å². The number of aryl methyl sites for hydroxylation is 2. The van der Waals surface area contributed by atoms with Crippen LogP contribution < -0.4 is 4.72 Å². The molecule has 0 atom stereocenters. The van der Waals surface area contributed by atoms with Gasteiger partial charge in [0.15, 0.2) is 5.69 Å². The third-order valence-electron chi connectivity index (χ3n) is 5.26. The maximum absolute atomic E-state index is 13.4. The molecule has 0 saturated carbocycles. The van der Waals surface area contributed by atoms with Gasteiger partial charge in [-0.05, 0) is 48.7 Å². The minimum absolute atomic E-state index is 0.000257. The van der Waals surface area contributed by atoms with E-state index in [-0.39, 0.29) is 10.6 Å². The number of anilines is 1. The lowest BCUT2D eigenvalue weighted by Crippen LogP contribution is -2.16. The van der Waals surface area contributed by atoms with Crippen LogP contribution in [-0.4, -0.2) is 29.5 Å². The van der Waals surface area contributed by atoms with E-state index < -0.39 is 16.0 Å². The Labute approximate surface area is 197 Å².